The molecule has 2 aliphatic rings. The van der Waals surface area contributed by atoms with E-state index >= 15 is 0 Å². The largest absolute Gasteiger partial charge is 0.299 e. The molecule has 4 unspecified atom stereocenters. The van der Waals surface area contributed by atoms with Gasteiger partial charge >= 0.3 is 0 Å². The molecule has 2 aromatic rings. The number of benzene rings is 2. The average Bonchev–Trinajstić information content (AvgIpc) is 2.63. The van der Waals surface area contributed by atoms with E-state index in [4.69, 9.17) is 0 Å². The van der Waals surface area contributed by atoms with Gasteiger partial charge in [0.05, 0.1) is 0 Å². The second-order valence-corrected chi connectivity index (χ2v) is 7.23. The minimum atomic E-state index is 0.240. The van der Waals surface area contributed by atoms with Crippen LogP contribution in [0.5, 0.6) is 0 Å². The van der Waals surface area contributed by atoms with Crippen LogP contribution in [0.1, 0.15) is 42.7 Å². The highest BCUT2D eigenvalue weighted by Crippen LogP contribution is 2.48. The lowest BCUT2D eigenvalue weighted by Gasteiger charge is -2.43. The second-order valence-electron chi connectivity index (χ2n) is 7.23. The molecule has 0 radical (unpaired) electrons. The first-order valence-corrected chi connectivity index (χ1v) is 9.15. The van der Waals surface area contributed by atoms with Crippen LogP contribution in [0.25, 0.3) is 6.08 Å². The van der Waals surface area contributed by atoms with Crippen LogP contribution in [0.15, 0.2) is 66.7 Å². The summed E-state index contributed by atoms with van der Waals surface area (Å²) in [5.74, 6) is 1.76. The maximum absolute atomic E-state index is 13.0. The van der Waals surface area contributed by atoms with E-state index in [-0.39, 0.29) is 11.8 Å². The van der Waals surface area contributed by atoms with Gasteiger partial charge in [-0.1, -0.05) is 79.2 Å². The Bertz CT molecular complexity index is 716. The number of ketones is 1. The summed E-state index contributed by atoms with van der Waals surface area (Å²) in [6.07, 6.45) is 8.95. The van der Waals surface area contributed by atoms with Gasteiger partial charge in [-0.15, -0.1) is 0 Å². The fourth-order valence-electron chi connectivity index (χ4n) is 4.64. The Balaban J connectivity index is 1.62. The lowest BCUT2D eigenvalue weighted by molar-refractivity contribution is -0.134. The van der Waals surface area contributed by atoms with E-state index in [2.05, 4.69) is 66.7 Å². The van der Waals surface area contributed by atoms with Crippen LogP contribution in [0.2, 0.25) is 0 Å². The molecular weight excluding hydrogens is 292 g/mol. The van der Waals surface area contributed by atoms with Crippen LogP contribution < -0.4 is 0 Å². The van der Waals surface area contributed by atoms with Gasteiger partial charge in [0.2, 0.25) is 0 Å². The summed E-state index contributed by atoms with van der Waals surface area (Å²) in [4.78, 5) is 13.0. The number of hydrogen-bond donors (Lipinski definition) is 0. The van der Waals surface area contributed by atoms with E-state index in [1.807, 2.05) is 6.07 Å². The molecule has 1 nitrogen and oxygen atoms in total. The lowest BCUT2D eigenvalue weighted by Crippen LogP contribution is -2.42. The van der Waals surface area contributed by atoms with Crippen molar-refractivity contribution >= 4 is 11.9 Å². The van der Waals surface area contributed by atoms with Crippen molar-refractivity contribution in [3.63, 3.8) is 0 Å². The number of Topliss-reactive ketones (excluding diaryl/α,β-unsaturated/α-hetero) is 1. The minimum absolute atomic E-state index is 0.240. The van der Waals surface area contributed by atoms with Gasteiger partial charge in [0.15, 0.2) is 0 Å². The molecule has 0 saturated heterocycles. The van der Waals surface area contributed by atoms with E-state index in [0.29, 0.717) is 17.6 Å². The van der Waals surface area contributed by atoms with Gasteiger partial charge in [-0.2, -0.15) is 0 Å². The van der Waals surface area contributed by atoms with Crippen molar-refractivity contribution in [1.29, 1.82) is 0 Å². The van der Waals surface area contributed by atoms with Gasteiger partial charge in [0.1, 0.15) is 5.78 Å². The minimum Gasteiger partial charge on any atom is -0.299 e. The number of hydrogen-bond acceptors (Lipinski definition) is 1. The van der Waals surface area contributed by atoms with Crippen LogP contribution in [0.4, 0.5) is 0 Å². The van der Waals surface area contributed by atoms with Gasteiger partial charge in [-0.25, -0.2) is 0 Å². The number of fused-ring (bicyclic) bond motifs is 2. The summed E-state index contributed by atoms with van der Waals surface area (Å²) < 4.78 is 0. The summed E-state index contributed by atoms with van der Waals surface area (Å²) in [6.45, 7) is 0. The Hall–Kier alpha value is -2.15. The highest BCUT2D eigenvalue weighted by molar-refractivity contribution is 5.86. The predicted molar refractivity (Wildman–Crippen MR) is 98.6 cm³/mol. The third-order valence-corrected chi connectivity index (χ3v) is 5.85. The molecule has 1 heteroatoms. The standard InChI is InChI=1S/C23H24O/c24-23-20-12-7-13-21(23)22(18-10-5-2-6-11-18)16-19(20)15-14-17-8-3-1-4-9-17/h1-6,8-11,14-15,19-22H,7,12-13,16H2. The summed E-state index contributed by atoms with van der Waals surface area (Å²) in [6, 6.07) is 21.1. The molecule has 0 amide bonds. The van der Waals surface area contributed by atoms with Crippen molar-refractivity contribution in [3.05, 3.63) is 77.9 Å². The van der Waals surface area contributed by atoms with Crippen LogP contribution in [0, 0.1) is 17.8 Å². The van der Waals surface area contributed by atoms with Crippen molar-refractivity contribution in [2.45, 2.75) is 31.6 Å². The summed E-state index contributed by atoms with van der Waals surface area (Å²) in [7, 11) is 0. The Morgan fingerprint density at radius 3 is 2.21 bits per heavy atom. The first kappa shape index (κ1) is 15.4. The van der Waals surface area contributed by atoms with Crippen molar-refractivity contribution < 1.29 is 4.79 Å². The van der Waals surface area contributed by atoms with Gasteiger partial charge in [-0.3, -0.25) is 4.79 Å². The highest BCUT2D eigenvalue weighted by Gasteiger charge is 2.45. The molecule has 24 heavy (non-hydrogen) atoms. The van der Waals surface area contributed by atoms with Gasteiger partial charge < -0.3 is 0 Å². The fourth-order valence-corrected chi connectivity index (χ4v) is 4.64. The number of allylic oxidation sites excluding steroid dienone is 1. The molecule has 2 saturated carbocycles. The first-order chi connectivity index (χ1) is 11.8. The quantitative estimate of drug-likeness (QED) is 0.732. The molecular formula is C23H24O. The van der Waals surface area contributed by atoms with Crippen molar-refractivity contribution in [3.8, 4) is 0 Å². The normalized spacial score (nSPS) is 29.8. The van der Waals surface area contributed by atoms with E-state index in [9.17, 15) is 4.79 Å². The lowest BCUT2D eigenvalue weighted by atomic mass is 9.60. The number of carbonyl (C=O) groups excluding carboxylic acids is 1. The van der Waals surface area contributed by atoms with E-state index in [1.165, 1.54) is 17.5 Å². The Kier molecular flexibility index (Phi) is 4.34. The van der Waals surface area contributed by atoms with Crippen LogP contribution in [0.3, 0.4) is 0 Å². The Morgan fingerprint density at radius 1 is 0.792 bits per heavy atom. The molecule has 2 bridgehead atoms. The third-order valence-electron chi connectivity index (χ3n) is 5.85. The molecule has 0 aliphatic heterocycles. The first-order valence-electron chi connectivity index (χ1n) is 9.15. The van der Waals surface area contributed by atoms with E-state index < -0.39 is 0 Å². The third kappa shape index (κ3) is 2.96. The van der Waals surface area contributed by atoms with E-state index in [1.54, 1.807) is 0 Å². The summed E-state index contributed by atoms with van der Waals surface area (Å²) in [5.41, 5.74) is 2.56. The predicted octanol–water partition coefficient (Wildman–Crippen LogP) is 5.49. The zero-order valence-electron chi connectivity index (χ0n) is 14.0. The zero-order chi connectivity index (χ0) is 16.4. The number of carbonyl (C=O) groups is 1. The highest BCUT2D eigenvalue weighted by atomic mass is 16.1. The molecule has 2 aromatic carbocycles. The van der Waals surface area contributed by atoms with Crippen LogP contribution in [-0.2, 0) is 4.79 Å². The van der Waals surface area contributed by atoms with Gasteiger partial charge in [0, 0.05) is 11.8 Å². The molecule has 0 heterocycles. The Morgan fingerprint density at radius 2 is 1.46 bits per heavy atom. The summed E-state index contributed by atoms with van der Waals surface area (Å²) in [5, 5.41) is 0. The average molecular weight is 316 g/mol. The smallest absolute Gasteiger partial charge is 0.140 e. The van der Waals surface area contributed by atoms with Gasteiger partial charge in [0.25, 0.3) is 0 Å². The van der Waals surface area contributed by atoms with Crippen molar-refractivity contribution in [2.75, 3.05) is 0 Å². The molecule has 0 spiro atoms. The second kappa shape index (κ2) is 6.76. The van der Waals surface area contributed by atoms with Crippen molar-refractivity contribution in [2.24, 2.45) is 17.8 Å². The Labute approximate surface area is 144 Å². The van der Waals surface area contributed by atoms with Crippen LogP contribution >= 0.6 is 0 Å². The summed E-state index contributed by atoms with van der Waals surface area (Å²) >= 11 is 0. The molecule has 4 atom stereocenters. The van der Waals surface area contributed by atoms with Crippen molar-refractivity contribution in [1.82, 2.24) is 0 Å². The molecule has 0 N–H and O–H groups in total. The maximum Gasteiger partial charge on any atom is 0.140 e. The topological polar surface area (TPSA) is 17.1 Å². The maximum atomic E-state index is 13.0. The van der Waals surface area contributed by atoms with Gasteiger partial charge in [-0.05, 0) is 42.2 Å². The molecule has 122 valence electrons. The molecule has 2 fully saturated rings. The molecule has 2 aliphatic carbocycles. The molecule has 0 aromatic heterocycles. The SMILES string of the molecule is O=C1C2CCCC1C(c1ccccc1)CC2C=Cc1ccccc1. The fraction of sp³-hybridized carbons (Fsp3) is 0.348. The number of rotatable bonds is 3. The molecule has 4 rings (SSSR count). The van der Waals surface area contributed by atoms with Crippen LogP contribution in [-0.4, -0.2) is 5.78 Å². The monoisotopic (exact) mass is 316 g/mol. The zero-order valence-corrected chi connectivity index (χ0v) is 14.0. The van der Waals surface area contributed by atoms with E-state index in [0.717, 1.165) is 19.3 Å².